The van der Waals surface area contributed by atoms with Crippen molar-refractivity contribution in [2.24, 2.45) is 7.05 Å². The number of halogens is 2. The minimum Gasteiger partial charge on any atom is -0.286 e. The van der Waals surface area contributed by atoms with Gasteiger partial charge in [0.25, 0.3) is 0 Å². The molecule has 0 N–H and O–H groups in total. The van der Waals surface area contributed by atoms with Gasteiger partial charge in [-0.15, -0.1) is 0 Å². The number of ketones is 1. The quantitative estimate of drug-likeness (QED) is 0.632. The molecule has 0 aliphatic heterocycles. The van der Waals surface area contributed by atoms with Crippen LogP contribution < -0.4 is 0 Å². The van der Waals surface area contributed by atoms with Crippen molar-refractivity contribution in [1.82, 2.24) is 9.78 Å². The van der Waals surface area contributed by atoms with E-state index in [1.807, 2.05) is 0 Å². The fourth-order valence-corrected chi connectivity index (χ4v) is 0.822. The number of rotatable bonds is 2. The van der Waals surface area contributed by atoms with Gasteiger partial charge in [-0.3, -0.25) is 9.48 Å². The Morgan fingerprint density at radius 3 is 2.58 bits per heavy atom. The third-order valence-electron chi connectivity index (χ3n) is 1.45. The molecule has 0 atom stereocenters. The lowest BCUT2D eigenvalue weighted by Crippen LogP contribution is -2.26. The van der Waals surface area contributed by atoms with E-state index in [0.29, 0.717) is 6.92 Å². The summed E-state index contributed by atoms with van der Waals surface area (Å²) in [7, 11) is 1.44. The summed E-state index contributed by atoms with van der Waals surface area (Å²) in [5.74, 6) is -4.53. The molecule has 0 aliphatic carbocycles. The van der Waals surface area contributed by atoms with Crippen molar-refractivity contribution < 1.29 is 13.6 Å². The molecule has 0 aliphatic rings. The molecule has 1 rings (SSSR count). The van der Waals surface area contributed by atoms with Crippen LogP contribution in [0.15, 0.2) is 12.3 Å². The minimum atomic E-state index is -3.33. The summed E-state index contributed by atoms with van der Waals surface area (Å²) in [6.07, 6.45) is 1.30. The van der Waals surface area contributed by atoms with Crippen molar-refractivity contribution in [1.29, 1.82) is 0 Å². The van der Waals surface area contributed by atoms with Gasteiger partial charge in [0.15, 0.2) is 0 Å². The molecular formula is C7H8F2N2O. The van der Waals surface area contributed by atoms with Gasteiger partial charge in [-0.1, -0.05) is 0 Å². The second-order valence-electron chi connectivity index (χ2n) is 2.56. The van der Waals surface area contributed by atoms with E-state index in [2.05, 4.69) is 5.10 Å². The van der Waals surface area contributed by atoms with Gasteiger partial charge in [-0.2, -0.15) is 13.9 Å². The number of carbonyl (C=O) groups is 1. The number of Topliss-reactive ketones (excluding diaryl/α,β-unsaturated/α-hetero) is 1. The highest BCUT2D eigenvalue weighted by Crippen LogP contribution is 2.18. The Morgan fingerprint density at radius 2 is 2.25 bits per heavy atom. The van der Waals surface area contributed by atoms with E-state index in [0.717, 1.165) is 4.68 Å². The lowest BCUT2D eigenvalue weighted by molar-refractivity contribution is 0.0212. The first kappa shape index (κ1) is 8.83. The Balaban J connectivity index is 3.01. The maximum atomic E-state index is 12.5. The molecule has 0 amide bonds. The van der Waals surface area contributed by atoms with Gasteiger partial charge >= 0.3 is 5.92 Å². The highest BCUT2D eigenvalue weighted by atomic mass is 19.3. The Kier molecular flexibility index (Phi) is 1.95. The predicted molar refractivity (Wildman–Crippen MR) is 38.2 cm³/mol. The zero-order valence-corrected chi connectivity index (χ0v) is 6.71. The van der Waals surface area contributed by atoms with Gasteiger partial charge in [-0.25, -0.2) is 0 Å². The molecule has 66 valence electrons. The van der Waals surface area contributed by atoms with E-state index in [4.69, 9.17) is 0 Å². The van der Waals surface area contributed by atoms with Crippen LogP contribution in [-0.4, -0.2) is 21.5 Å². The third-order valence-corrected chi connectivity index (χ3v) is 1.45. The highest BCUT2D eigenvalue weighted by molar-refractivity contribution is 5.99. The number of alkyl halides is 2. The van der Waals surface area contributed by atoms with Crippen molar-refractivity contribution in [2.75, 3.05) is 0 Å². The number of aryl methyl sites for hydroxylation is 1. The first-order chi connectivity index (χ1) is 5.43. The van der Waals surface area contributed by atoms with Crippen LogP contribution in [0.5, 0.6) is 0 Å². The van der Waals surface area contributed by atoms with E-state index in [-0.39, 0.29) is 5.69 Å². The number of hydrogen-bond acceptors (Lipinski definition) is 2. The zero-order valence-electron chi connectivity index (χ0n) is 6.71. The Labute approximate surface area is 68.0 Å². The fourth-order valence-electron chi connectivity index (χ4n) is 0.822. The SMILES string of the molecule is Cn1nccc1C(=O)C(C)(F)F. The monoisotopic (exact) mass is 174 g/mol. The molecule has 0 saturated heterocycles. The number of carbonyl (C=O) groups excluding carboxylic acids is 1. The van der Waals surface area contributed by atoms with Crippen LogP contribution in [-0.2, 0) is 7.05 Å². The molecular weight excluding hydrogens is 166 g/mol. The molecule has 0 bridgehead atoms. The van der Waals surface area contributed by atoms with Crippen molar-refractivity contribution in [2.45, 2.75) is 12.8 Å². The molecule has 0 saturated carbocycles. The molecule has 0 unspecified atom stereocenters. The van der Waals surface area contributed by atoms with Gasteiger partial charge in [0.05, 0.1) is 0 Å². The second-order valence-corrected chi connectivity index (χ2v) is 2.56. The summed E-state index contributed by atoms with van der Waals surface area (Å²) >= 11 is 0. The number of aromatic nitrogens is 2. The van der Waals surface area contributed by atoms with Crippen LogP contribution in [0.3, 0.4) is 0 Å². The van der Waals surface area contributed by atoms with Crippen molar-refractivity contribution in [3.63, 3.8) is 0 Å². The second kappa shape index (κ2) is 2.66. The average molecular weight is 174 g/mol. The number of hydrogen-bond donors (Lipinski definition) is 0. The largest absolute Gasteiger partial charge is 0.308 e. The van der Waals surface area contributed by atoms with Crippen molar-refractivity contribution in [3.8, 4) is 0 Å². The predicted octanol–water partition coefficient (Wildman–Crippen LogP) is 1.26. The maximum absolute atomic E-state index is 12.5. The first-order valence-corrected chi connectivity index (χ1v) is 3.33. The number of nitrogens with zero attached hydrogens (tertiary/aromatic N) is 2. The molecule has 12 heavy (non-hydrogen) atoms. The molecule has 0 spiro atoms. The standard InChI is InChI=1S/C7H8F2N2O/c1-7(8,9)6(12)5-3-4-10-11(5)2/h3-4H,1-2H3. The van der Waals surface area contributed by atoms with Crippen LogP contribution in [0.25, 0.3) is 0 Å². The summed E-state index contributed by atoms with van der Waals surface area (Å²) in [4.78, 5) is 10.9. The molecule has 5 heteroatoms. The molecule has 1 heterocycles. The molecule has 1 aromatic rings. The lowest BCUT2D eigenvalue weighted by atomic mass is 10.2. The van der Waals surface area contributed by atoms with Crippen molar-refractivity contribution in [3.05, 3.63) is 18.0 Å². The smallest absolute Gasteiger partial charge is 0.286 e. The summed E-state index contributed by atoms with van der Waals surface area (Å²) in [5.41, 5.74) is -0.0810. The van der Waals surface area contributed by atoms with Gasteiger partial charge in [0.2, 0.25) is 5.78 Å². The average Bonchev–Trinajstić information content (AvgIpc) is 2.31. The third kappa shape index (κ3) is 1.49. The van der Waals surface area contributed by atoms with Crippen LogP contribution in [0.1, 0.15) is 17.4 Å². The maximum Gasteiger partial charge on any atom is 0.308 e. The topological polar surface area (TPSA) is 34.9 Å². The first-order valence-electron chi connectivity index (χ1n) is 3.33. The Bertz CT molecular complexity index is 301. The Morgan fingerprint density at radius 1 is 1.67 bits per heavy atom. The van der Waals surface area contributed by atoms with Gasteiger partial charge in [0.1, 0.15) is 5.69 Å². The molecule has 0 fully saturated rings. The zero-order chi connectivity index (χ0) is 9.35. The normalized spacial score (nSPS) is 11.7. The van der Waals surface area contributed by atoms with Crippen LogP contribution in [0.2, 0.25) is 0 Å². The fraction of sp³-hybridized carbons (Fsp3) is 0.429. The highest BCUT2D eigenvalue weighted by Gasteiger charge is 2.34. The molecule has 3 nitrogen and oxygen atoms in total. The van der Waals surface area contributed by atoms with E-state index in [9.17, 15) is 13.6 Å². The summed E-state index contributed by atoms with van der Waals surface area (Å²) < 4.78 is 26.1. The van der Waals surface area contributed by atoms with Gasteiger partial charge < -0.3 is 0 Å². The van der Waals surface area contributed by atoms with Crippen LogP contribution in [0, 0.1) is 0 Å². The van der Waals surface area contributed by atoms with Gasteiger partial charge in [0, 0.05) is 20.2 Å². The molecule has 0 radical (unpaired) electrons. The van der Waals surface area contributed by atoms with E-state index >= 15 is 0 Å². The van der Waals surface area contributed by atoms with E-state index in [1.54, 1.807) is 0 Å². The van der Waals surface area contributed by atoms with Crippen molar-refractivity contribution >= 4 is 5.78 Å². The summed E-state index contributed by atoms with van der Waals surface area (Å²) in [5, 5.41) is 3.61. The molecule has 1 aromatic heterocycles. The lowest BCUT2D eigenvalue weighted by Gasteiger charge is -2.07. The van der Waals surface area contributed by atoms with Crippen LogP contribution >= 0.6 is 0 Å². The summed E-state index contributed by atoms with van der Waals surface area (Å²) in [6.45, 7) is 0.572. The summed E-state index contributed by atoms with van der Waals surface area (Å²) in [6, 6.07) is 1.26. The minimum absolute atomic E-state index is 0.0810. The van der Waals surface area contributed by atoms with Crippen LogP contribution in [0.4, 0.5) is 8.78 Å². The molecule has 0 aromatic carbocycles. The van der Waals surface area contributed by atoms with E-state index < -0.39 is 11.7 Å². The van der Waals surface area contributed by atoms with E-state index in [1.165, 1.54) is 19.3 Å². The van der Waals surface area contributed by atoms with Gasteiger partial charge in [-0.05, 0) is 6.07 Å². The Hall–Kier alpha value is -1.26.